The Morgan fingerprint density at radius 2 is 1.73 bits per heavy atom. The number of carboxylic acid groups (broad SMARTS) is 1. The molecule has 3 heterocycles. The maximum absolute atomic E-state index is 13.2. The third-order valence-corrected chi connectivity index (χ3v) is 3.94. The third-order valence-electron chi connectivity index (χ3n) is 3.94. The van der Waals surface area contributed by atoms with Gasteiger partial charge in [0.2, 0.25) is 0 Å². The van der Waals surface area contributed by atoms with Crippen LogP contribution in [0.5, 0.6) is 0 Å². The molecule has 0 saturated heterocycles. The predicted octanol–water partition coefficient (Wildman–Crippen LogP) is 3.65. The number of halogens is 3. The molecule has 0 atom stereocenters. The van der Waals surface area contributed by atoms with Crippen molar-refractivity contribution in [1.29, 1.82) is 0 Å². The Morgan fingerprint density at radius 1 is 1.03 bits per heavy atom. The molecule has 3 aromatic heterocycles. The summed E-state index contributed by atoms with van der Waals surface area (Å²) in [7, 11) is 0. The first-order chi connectivity index (χ1) is 14.3. The average Bonchev–Trinajstić information content (AvgIpc) is 3.18. The second-order valence-corrected chi connectivity index (χ2v) is 6.03. The van der Waals surface area contributed by atoms with E-state index in [1.807, 2.05) is 30.3 Å². The van der Waals surface area contributed by atoms with E-state index in [9.17, 15) is 18.0 Å². The Bertz CT molecular complexity index is 1150. The van der Waals surface area contributed by atoms with E-state index in [0.29, 0.717) is 11.1 Å². The SMILES string of the molecule is NCc1ccccc1.O=C(O)c1cc2nc(-c3ccccn3)cc(C(F)(F)F)n2n1. The van der Waals surface area contributed by atoms with Gasteiger partial charge in [0, 0.05) is 18.8 Å². The Hall–Kier alpha value is -3.79. The lowest BCUT2D eigenvalue weighted by molar-refractivity contribution is -0.142. The van der Waals surface area contributed by atoms with Gasteiger partial charge in [-0.15, -0.1) is 0 Å². The number of fused-ring (bicyclic) bond motifs is 1. The van der Waals surface area contributed by atoms with E-state index in [2.05, 4.69) is 15.1 Å². The van der Waals surface area contributed by atoms with Gasteiger partial charge >= 0.3 is 12.1 Å². The number of aromatic nitrogens is 4. The first kappa shape index (κ1) is 20.9. The molecule has 0 aliphatic rings. The van der Waals surface area contributed by atoms with Crippen molar-refractivity contribution in [2.45, 2.75) is 12.7 Å². The van der Waals surface area contributed by atoms with Gasteiger partial charge in [-0.05, 0) is 23.8 Å². The first-order valence-corrected chi connectivity index (χ1v) is 8.66. The van der Waals surface area contributed by atoms with Crippen LogP contribution in [0.3, 0.4) is 0 Å². The number of pyridine rings is 1. The van der Waals surface area contributed by atoms with Gasteiger partial charge in [-0.25, -0.2) is 14.3 Å². The highest BCUT2D eigenvalue weighted by molar-refractivity contribution is 5.86. The molecule has 0 aliphatic carbocycles. The van der Waals surface area contributed by atoms with Gasteiger partial charge in [0.1, 0.15) is 0 Å². The van der Waals surface area contributed by atoms with Gasteiger partial charge in [0.05, 0.1) is 11.4 Å². The van der Waals surface area contributed by atoms with E-state index in [1.54, 1.807) is 12.1 Å². The van der Waals surface area contributed by atoms with Crippen molar-refractivity contribution in [3.63, 3.8) is 0 Å². The summed E-state index contributed by atoms with van der Waals surface area (Å²) < 4.78 is 40.0. The van der Waals surface area contributed by atoms with E-state index in [0.717, 1.165) is 12.1 Å². The highest BCUT2D eigenvalue weighted by Crippen LogP contribution is 2.31. The van der Waals surface area contributed by atoms with Crippen molar-refractivity contribution in [1.82, 2.24) is 19.6 Å². The van der Waals surface area contributed by atoms with Crippen molar-refractivity contribution < 1.29 is 23.1 Å². The molecule has 4 aromatic rings. The number of carbonyl (C=O) groups is 1. The minimum atomic E-state index is -4.72. The summed E-state index contributed by atoms with van der Waals surface area (Å²) in [4.78, 5) is 18.8. The Balaban J connectivity index is 0.000000269. The number of nitrogens with zero attached hydrogens (tertiary/aromatic N) is 4. The smallest absolute Gasteiger partial charge is 0.433 e. The number of benzene rings is 1. The largest absolute Gasteiger partial charge is 0.476 e. The van der Waals surface area contributed by atoms with Crippen LogP contribution < -0.4 is 5.73 Å². The molecule has 0 fully saturated rings. The van der Waals surface area contributed by atoms with Gasteiger partial charge in [-0.3, -0.25) is 4.98 Å². The molecule has 0 amide bonds. The summed E-state index contributed by atoms with van der Waals surface area (Å²) in [6.07, 6.45) is -3.29. The van der Waals surface area contributed by atoms with Gasteiger partial charge in [-0.1, -0.05) is 36.4 Å². The molecular formula is C20H16F3N5O2. The highest BCUT2D eigenvalue weighted by Gasteiger charge is 2.35. The number of hydrogen-bond donors (Lipinski definition) is 2. The Labute approximate surface area is 168 Å². The van der Waals surface area contributed by atoms with Crippen molar-refractivity contribution in [2.75, 3.05) is 0 Å². The van der Waals surface area contributed by atoms with Crippen LogP contribution in [-0.2, 0) is 12.7 Å². The molecule has 0 bridgehead atoms. The fourth-order valence-corrected chi connectivity index (χ4v) is 2.54. The first-order valence-electron chi connectivity index (χ1n) is 8.66. The molecule has 7 nitrogen and oxygen atoms in total. The summed E-state index contributed by atoms with van der Waals surface area (Å²) in [6.45, 7) is 0.640. The topological polar surface area (TPSA) is 106 Å². The Kier molecular flexibility index (Phi) is 6.07. The number of rotatable bonds is 3. The highest BCUT2D eigenvalue weighted by atomic mass is 19.4. The zero-order chi connectivity index (χ0) is 21.7. The predicted molar refractivity (Wildman–Crippen MR) is 103 cm³/mol. The number of hydrogen-bond acceptors (Lipinski definition) is 5. The van der Waals surface area contributed by atoms with Crippen LogP contribution >= 0.6 is 0 Å². The van der Waals surface area contributed by atoms with Crippen LogP contribution in [0.25, 0.3) is 17.0 Å². The van der Waals surface area contributed by atoms with Crippen LogP contribution in [0.2, 0.25) is 0 Å². The normalized spacial score (nSPS) is 11.1. The zero-order valence-electron chi connectivity index (χ0n) is 15.4. The van der Waals surface area contributed by atoms with Crippen LogP contribution in [0.1, 0.15) is 21.7 Å². The molecule has 0 spiro atoms. The van der Waals surface area contributed by atoms with E-state index < -0.39 is 23.5 Å². The fraction of sp³-hybridized carbons (Fsp3) is 0.100. The number of carboxylic acids is 1. The maximum atomic E-state index is 13.2. The van der Waals surface area contributed by atoms with Crippen LogP contribution in [0.15, 0.2) is 66.9 Å². The van der Waals surface area contributed by atoms with Gasteiger partial charge < -0.3 is 10.8 Å². The summed E-state index contributed by atoms with van der Waals surface area (Å²) >= 11 is 0. The van der Waals surface area contributed by atoms with Crippen molar-refractivity contribution >= 4 is 11.6 Å². The van der Waals surface area contributed by atoms with E-state index in [1.165, 1.54) is 17.8 Å². The zero-order valence-corrected chi connectivity index (χ0v) is 15.4. The van der Waals surface area contributed by atoms with Gasteiger partial charge in [-0.2, -0.15) is 18.3 Å². The van der Waals surface area contributed by atoms with Crippen LogP contribution in [0.4, 0.5) is 13.2 Å². The lowest BCUT2D eigenvalue weighted by Gasteiger charge is -2.10. The van der Waals surface area contributed by atoms with Gasteiger partial charge in [0.15, 0.2) is 17.0 Å². The summed E-state index contributed by atoms with van der Waals surface area (Å²) in [5, 5.41) is 12.3. The number of nitrogens with two attached hydrogens (primary N) is 1. The average molecular weight is 415 g/mol. The van der Waals surface area contributed by atoms with Crippen molar-refractivity contribution in [3.05, 3.63) is 83.8 Å². The summed E-state index contributed by atoms with van der Waals surface area (Å²) in [5.74, 6) is -1.43. The van der Waals surface area contributed by atoms with E-state index >= 15 is 0 Å². The molecule has 154 valence electrons. The molecule has 3 N–H and O–H groups in total. The lowest BCUT2D eigenvalue weighted by atomic mass is 10.2. The molecule has 4 rings (SSSR count). The molecule has 0 unspecified atom stereocenters. The van der Waals surface area contributed by atoms with Crippen LogP contribution in [0, 0.1) is 0 Å². The van der Waals surface area contributed by atoms with Crippen molar-refractivity contribution in [3.8, 4) is 11.4 Å². The number of alkyl halides is 3. The second kappa shape index (κ2) is 8.70. The van der Waals surface area contributed by atoms with Gasteiger partial charge in [0.25, 0.3) is 0 Å². The molecule has 10 heteroatoms. The molecule has 0 radical (unpaired) electrons. The quantitative estimate of drug-likeness (QED) is 0.529. The minimum absolute atomic E-state index is 0.0164. The molecule has 0 saturated carbocycles. The standard InChI is InChI=1S/C13H7F3N4O2.C7H9N/c14-13(15,16)10-5-8(7-3-1-2-4-17-7)18-11-6-9(12(21)22)19-20(10)11;8-6-7-4-2-1-3-5-7/h1-6H,(H,21,22);1-5H,6,8H2. The number of aromatic carboxylic acids is 1. The molecule has 0 aliphatic heterocycles. The molecular weight excluding hydrogens is 399 g/mol. The lowest BCUT2D eigenvalue weighted by Crippen LogP contribution is -2.14. The van der Waals surface area contributed by atoms with Crippen molar-refractivity contribution in [2.24, 2.45) is 5.73 Å². The van der Waals surface area contributed by atoms with E-state index in [4.69, 9.17) is 10.8 Å². The monoisotopic (exact) mass is 415 g/mol. The van der Waals surface area contributed by atoms with Crippen LogP contribution in [-0.4, -0.2) is 30.7 Å². The minimum Gasteiger partial charge on any atom is -0.476 e. The molecule has 1 aromatic carbocycles. The Morgan fingerprint density at radius 3 is 2.27 bits per heavy atom. The van der Waals surface area contributed by atoms with E-state index in [-0.39, 0.29) is 17.0 Å². The molecule has 30 heavy (non-hydrogen) atoms. The summed E-state index contributed by atoms with van der Waals surface area (Å²) in [5.41, 5.74) is 4.91. The fourth-order valence-electron chi connectivity index (χ4n) is 2.54. The summed E-state index contributed by atoms with van der Waals surface area (Å²) in [6, 6.07) is 16.5. The third kappa shape index (κ3) is 4.78. The second-order valence-electron chi connectivity index (χ2n) is 6.03. The maximum Gasteiger partial charge on any atom is 0.433 e.